The van der Waals surface area contributed by atoms with E-state index < -0.39 is 4.92 Å². The van der Waals surface area contributed by atoms with Crippen LogP contribution in [0.25, 0.3) is 0 Å². The van der Waals surface area contributed by atoms with Crippen LogP contribution in [0.5, 0.6) is 5.75 Å². The molecule has 0 spiro atoms. The highest BCUT2D eigenvalue weighted by Gasteiger charge is 2.14. The molecule has 0 aliphatic carbocycles. The Morgan fingerprint density at radius 3 is 2.88 bits per heavy atom. The van der Waals surface area contributed by atoms with Crippen LogP contribution in [0.2, 0.25) is 0 Å². The molecule has 0 heterocycles. The SMILES string of the molecule is CCOc1cc(NCCCN)ccc1[N+](=O)[O-]. The fourth-order valence-electron chi connectivity index (χ4n) is 1.38. The van der Waals surface area contributed by atoms with Crippen molar-refractivity contribution >= 4 is 11.4 Å². The number of rotatable bonds is 7. The molecule has 3 N–H and O–H groups in total. The van der Waals surface area contributed by atoms with Crippen molar-refractivity contribution in [3.63, 3.8) is 0 Å². The van der Waals surface area contributed by atoms with Crippen LogP contribution in [-0.4, -0.2) is 24.6 Å². The molecule has 1 aromatic rings. The first kappa shape index (κ1) is 13.2. The number of anilines is 1. The van der Waals surface area contributed by atoms with E-state index >= 15 is 0 Å². The number of nitro benzene ring substituents is 1. The lowest BCUT2D eigenvalue weighted by molar-refractivity contribution is -0.385. The Labute approximate surface area is 99.9 Å². The Hall–Kier alpha value is -1.82. The highest BCUT2D eigenvalue weighted by Crippen LogP contribution is 2.29. The van der Waals surface area contributed by atoms with Crippen molar-refractivity contribution < 1.29 is 9.66 Å². The lowest BCUT2D eigenvalue weighted by atomic mass is 10.2. The molecule has 0 saturated heterocycles. The van der Waals surface area contributed by atoms with Gasteiger partial charge in [-0.2, -0.15) is 0 Å². The number of nitrogens with two attached hydrogens (primary N) is 1. The van der Waals surface area contributed by atoms with Crippen molar-refractivity contribution in [1.29, 1.82) is 0 Å². The molecule has 0 radical (unpaired) electrons. The largest absolute Gasteiger partial charge is 0.487 e. The molecule has 0 bridgehead atoms. The summed E-state index contributed by atoms with van der Waals surface area (Å²) in [4.78, 5) is 10.3. The van der Waals surface area contributed by atoms with Gasteiger partial charge in [0, 0.05) is 24.4 Å². The molecule has 17 heavy (non-hydrogen) atoms. The molecular formula is C11H17N3O3. The van der Waals surface area contributed by atoms with Gasteiger partial charge in [0.2, 0.25) is 0 Å². The van der Waals surface area contributed by atoms with Crippen LogP contribution in [0.15, 0.2) is 18.2 Å². The molecule has 0 aliphatic heterocycles. The van der Waals surface area contributed by atoms with Gasteiger partial charge >= 0.3 is 5.69 Å². The predicted octanol–water partition coefficient (Wildman–Crippen LogP) is 1.75. The Balaban J connectivity index is 2.81. The maximum Gasteiger partial charge on any atom is 0.311 e. The molecule has 0 atom stereocenters. The fraction of sp³-hybridized carbons (Fsp3) is 0.455. The highest BCUT2D eigenvalue weighted by molar-refractivity contribution is 5.57. The first-order valence-corrected chi connectivity index (χ1v) is 5.54. The Bertz CT molecular complexity index is 382. The van der Waals surface area contributed by atoms with Crippen LogP contribution in [0, 0.1) is 10.1 Å². The molecule has 0 amide bonds. The molecule has 0 fully saturated rings. The Kier molecular flexibility index (Phi) is 5.22. The number of nitrogens with zero attached hydrogens (tertiary/aromatic N) is 1. The zero-order chi connectivity index (χ0) is 12.7. The summed E-state index contributed by atoms with van der Waals surface area (Å²) in [5.41, 5.74) is 6.16. The minimum absolute atomic E-state index is 0.0174. The predicted molar refractivity (Wildman–Crippen MR) is 66.4 cm³/mol. The van der Waals surface area contributed by atoms with Crippen molar-refractivity contribution in [3.8, 4) is 5.75 Å². The molecule has 94 valence electrons. The van der Waals surface area contributed by atoms with Crippen molar-refractivity contribution in [2.24, 2.45) is 5.73 Å². The van der Waals surface area contributed by atoms with E-state index in [2.05, 4.69) is 5.32 Å². The van der Waals surface area contributed by atoms with Crippen LogP contribution in [0.4, 0.5) is 11.4 Å². The van der Waals surface area contributed by atoms with E-state index in [1.165, 1.54) is 6.07 Å². The maximum atomic E-state index is 10.8. The summed E-state index contributed by atoms with van der Waals surface area (Å²) < 4.78 is 5.24. The molecule has 6 heteroatoms. The zero-order valence-corrected chi connectivity index (χ0v) is 9.81. The summed E-state index contributed by atoms with van der Waals surface area (Å²) in [6.07, 6.45) is 0.848. The summed E-state index contributed by atoms with van der Waals surface area (Å²) in [6.45, 7) is 3.53. The second-order valence-electron chi connectivity index (χ2n) is 3.44. The van der Waals surface area contributed by atoms with Gasteiger partial charge in [-0.25, -0.2) is 0 Å². The lowest BCUT2D eigenvalue weighted by Crippen LogP contribution is -2.08. The van der Waals surface area contributed by atoms with Gasteiger partial charge in [0.15, 0.2) is 5.75 Å². The number of benzene rings is 1. The monoisotopic (exact) mass is 239 g/mol. The van der Waals surface area contributed by atoms with Gasteiger partial charge < -0.3 is 15.8 Å². The second kappa shape index (κ2) is 6.70. The summed E-state index contributed by atoms with van der Waals surface area (Å²) >= 11 is 0. The average Bonchev–Trinajstić information content (AvgIpc) is 2.30. The molecule has 0 aromatic heterocycles. The summed E-state index contributed by atoms with van der Waals surface area (Å²) in [6, 6.07) is 4.74. The summed E-state index contributed by atoms with van der Waals surface area (Å²) in [5.74, 6) is 0.287. The third-order valence-electron chi connectivity index (χ3n) is 2.17. The number of hydrogen-bond donors (Lipinski definition) is 2. The van der Waals surface area contributed by atoms with Crippen molar-refractivity contribution in [3.05, 3.63) is 28.3 Å². The lowest BCUT2D eigenvalue weighted by Gasteiger charge is -2.08. The average molecular weight is 239 g/mol. The van der Waals surface area contributed by atoms with Gasteiger partial charge in [0.1, 0.15) is 0 Å². The fourth-order valence-corrected chi connectivity index (χ4v) is 1.38. The summed E-state index contributed by atoms with van der Waals surface area (Å²) in [5, 5.41) is 13.9. The Morgan fingerprint density at radius 1 is 1.53 bits per heavy atom. The molecule has 6 nitrogen and oxygen atoms in total. The number of hydrogen-bond acceptors (Lipinski definition) is 5. The molecule has 0 aliphatic rings. The van der Waals surface area contributed by atoms with E-state index in [-0.39, 0.29) is 11.4 Å². The summed E-state index contributed by atoms with van der Waals surface area (Å²) in [7, 11) is 0. The van der Waals surface area contributed by atoms with Crippen molar-refractivity contribution in [2.45, 2.75) is 13.3 Å². The standard InChI is InChI=1S/C11H17N3O3/c1-2-17-11-8-9(13-7-3-6-12)4-5-10(11)14(15)16/h4-5,8,13H,2-3,6-7,12H2,1H3. The third-order valence-corrected chi connectivity index (χ3v) is 2.17. The highest BCUT2D eigenvalue weighted by atomic mass is 16.6. The van der Waals surface area contributed by atoms with Crippen molar-refractivity contribution in [2.75, 3.05) is 25.0 Å². The van der Waals surface area contributed by atoms with E-state index in [9.17, 15) is 10.1 Å². The van der Waals surface area contributed by atoms with E-state index in [1.54, 1.807) is 19.1 Å². The van der Waals surface area contributed by atoms with Crippen LogP contribution >= 0.6 is 0 Å². The van der Waals surface area contributed by atoms with Gasteiger partial charge in [0.05, 0.1) is 11.5 Å². The van der Waals surface area contributed by atoms with Crippen LogP contribution < -0.4 is 15.8 Å². The maximum absolute atomic E-state index is 10.8. The third kappa shape index (κ3) is 3.92. The number of nitro groups is 1. The van der Waals surface area contributed by atoms with Crippen LogP contribution in [-0.2, 0) is 0 Å². The molecule has 1 aromatic carbocycles. The zero-order valence-electron chi connectivity index (χ0n) is 9.81. The minimum atomic E-state index is -0.450. The van der Waals surface area contributed by atoms with E-state index in [0.29, 0.717) is 13.2 Å². The van der Waals surface area contributed by atoms with Gasteiger partial charge in [-0.15, -0.1) is 0 Å². The molecule has 1 rings (SSSR count). The van der Waals surface area contributed by atoms with Gasteiger partial charge in [-0.3, -0.25) is 10.1 Å². The van der Waals surface area contributed by atoms with Gasteiger partial charge in [0.25, 0.3) is 0 Å². The van der Waals surface area contributed by atoms with Crippen LogP contribution in [0.3, 0.4) is 0 Å². The minimum Gasteiger partial charge on any atom is -0.487 e. The van der Waals surface area contributed by atoms with E-state index in [0.717, 1.165) is 18.7 Å². The van der Waals surface area contributed by atoms with Gasteiger partial charge in [-0.05, 0) is 26.0 Å². The van der Waals surface area contributed by atoms with E-state index in [4.69, 9.17) is 10.5 Å². The molecule has 0 saturated carbocycles. The first-order valence-electron chi connectivity index (χ1n) is 5.54. The normalized spacial score (nSPS) is 10.0. The quantitative estimate of drug-likeness (QED) is 0.430. The second-order valence-corrected chi connectivity index (χ2v) is 3.44. The van der Waals surface area contributed by atoms with Crippen molar-refractivity contribution in [1.82, 2.24) is 0 Å². The molecular weight excluding hydrogens is 222 g/mol. The molecule has 0 unspecified atom stereocenters. The smallest absolute Gasteiger partial charge is 0.311 e. The first-order chi connectivity index (χ1) is 8.19. The Morgan fingerprint density at radius 2 is 2.29 bits per heavy atom. The van der Waals surface area contributed by atoms with Crippen LogP contribution in [0.1, 0.15) is 13.3 Å². The topological polar surface area (TPSA) is 90.4 Å². The van der Waals surface area contributed by atoms with E-state index in [1.807, 2.05) is 0 Å². The number of nitrogens with one attached hydrogen (secondary N) is 1. The van der Waals surface area contributed by atoms with Gasteiger partial charge in [-0.1, -0.05) is 0 Å². The number of ether oxygens (including phenoxy) is 1.